The van der Waals surface area contributed by atoms with Gasteiger partial charge in [0, 0.05) is 23.1 Å². The second kappa shape index (κ2) is 5.30. The van der Waals surface area contributed by atoms with Crippen molar-refractivity contribution in [3.05, 3.63) is 33.8 Å². The van der Waals surface area contributed by atoms with Crippen LogP contribution in [0, 0.1) is 11.8 Å². The van der Waals surface area contributed by atoms with Crippen LogP contribution in [-0.4, -0.2) is 23.9 Å². The van der Waals surface area contributed by atoms with Gasteiger partial charge in [-0.25, -0.2) is 0 Å². The van der Waals surface area contributed by atoms with Crippen LogP contribution in [0.1, 0.15) is 35.2 Å². The van der Waals surface area contributed by atoms with E-state index in [1.165, 1.54) is 18.6 Å². The van der Waals surface area contributed by atoms with Gasteiger partial charge < -0.3 is 4.90 Å². The molecule has 2 nitrogen and oxygen atoms in total. The SMILES string of the molecule is O=C(c1ccc(Br)c(C(F)(F)F)c1)N1CC2CCCC2C1. The molecular formula is C15H15BrF3NO. The quantitative estimate of drug-likeness (QED) is 0.728. The summed E-state index contributed by atoms with van der Waals surface area (Å²) in [5.41, 5.74) is -0.682. The van der Waals surface area contributed by atoms with Gasteiger partial charge in [0.05, 0.1) is 5.56 Å². The summed E-state index contributed by atoms with van der Waals surface area (Å²) in [5, 5.41) is 0. The molecule has 6 heteroatoms. The van der Waals surface area contributed by atoms with Crippen molar-refractivity contribution in [3.8, 4) is 0 Å². The standard InChI is InChI=1S/C15H15BrF3NO/c16-13-5-4-9(6-12(13)15(17,18)19)14(21)20-7-10-2-1-3-11(10)8-20/h4-6,10-11H,1-3,7-8H2. The predicted octanol–water partition coefficient (Wildman–Crippen LogP) is 4.34. The van der Waals surface area contributed by atoms with Crippen LogP contribution >= 0.6 is 15.9 Å². The Morgan fingerprint density at radius 2 is 1.81 bits per heavy atom. The average molecular weight is 362 g/mol. The van der Waals surface area contributed by atoms with Crippen molar-refractivity contribution >= 4 is 21.8 Å². The van der Waals surface area contributed by atoms with E-state index in [9.17, 15) is 18.0 Å². The second-order valence-electron chi connectivity index (χ2n) is 5.85. The molecule has 2 atom stereocenters. The molecule has 1 amide bonds. The van der Waals surface area contributed by atoms with Crippen molar-refractivity contribution in [2.45, 2.75) is 25.4 Å². The molecule has 2 aliphatic rings. The van der Waals surface area contributed by atoms with E-state index in [-0.39, 0.29) is 15.9 Å². The summed E-state index contributed by atoms with van der Waals surface area (Å²) < 4.78 is 38.7. The first-order chi connectivity index (χ1) is 9.86. The lowest BCUT2D eigenvalue weighted by atomic mass is 10.0. The van der Waals surface area contributed by atoms with Gasteiger partial charge >= 0.3 is 6.18 Å². The topological polar surface area (TPSA) is 20.3 Å². The molecule has 3 rings (SSSR count). The van der Waals surface area contributed by atoms with Crippen LogP contribution in [0.15, 0.2) is 22.7 Å². The molecule has 114 valence electrons. The van der Waals surface area contributed by atoms with Crippen molar-refractivity contribution < 1.29 is 18.0 Å². The Balaban J connectivity index is 1.82. The Bertz CT molecular complexity index is 561. The van der Waals surface area contributed by atoms with Crippen molar-refractivity contribution in [1.82, 2.24) is 4.90 Å². The second-order valence-corrected chi connectivity index (χ2v) is 6.71. The predicted molar refractivity (Wildman–Crippen MR) is 75.9 cm³/mol. The maximum atomic E-state index is 12.9. The first-order valence-corrected chi connectivity index (χ1v) is 7.81. The first kappa shape index (κ1) is 14.9. The molecule has 2 unspecified atom stereocenters. The number of likely N-dealkylation sites (tertiary alicyclic amines) is 1. The molecule has 0 spiro atoms. The highest BCUT2D eigenvalue weighted by Gasteiger charge is 2.39. The molecule has 1 saturated heterocycles. The molecular weight excluding hydrogens is 347 g/mol. The third-order valence-electron chi connectivity index (χ3n) is 4.53. The summed E-state index contributed by atoms with van der Waals surface area (Å²) in [6.07, 6.45) is -1.00. The minimum atomic E-state index is -4.46. The van der Waals surface area contributed by atoms with Crippen molar-refractivity contribution in [2.75, 3.05) is 13.1 Å². The summed E-state index contributed by atoms with van der Waals surface area (Å²) in [7, 11) is 0. The fourth-order valence-electron chi connectivity index (χ4n) is 3.46. The molecule has 0 radical (unpaired) electrons. The van der Waals surface area contributed by atoms with Crippen LogP contribution in [-0.2, 0) is 6.18 Å². The summed E-state index contributed by atoms with van der Waals surface area (Å²) >= 11 is 2.89. The fraction of sp³-hybridized carbons (Fsp3) is 0.533. The third-order valence-corrected chi connectivity index (χ3v) is 5.22. The number of alkyl halides is 3. The summed E-state index contributed by atoms with van der Waals surface area (Å²) in [6, 6.07) is 3.70. The number of rotatable bonds is 1. The van der Waals surface area contributed by atoms with Crippen LogP contribution in [0.4, 0.5) is 13.2 Å². The zero-order valence-electron chi connectivity index (χ0n) is 11.3. The molecule has 1 aromatic rings. The van der Waals surface area contributed by atoms with Crippen LogP contribution in [0.3, 0.4) is 0 Å². The smallest absolute Gasteiger partial charge is 0.338 e. The van der Waals surface area contributed by atoms with Gasteiger partial charge in [0.25, 0.3) is 5.91 Å². The van der Waals surface area contributed by atoms with Crippen molar-refractivity contribution in [1.29, 1.82) is 0 Å². The molecule has 1 aliphatic heterocycles. The molecule has 1 saturated carbocycles. The van der Waals surface area contributed by atoms with Gasteiger partial charge in [-0.1, -0.05) is 22.4 Å². The van der Waals surface area contributed by atoms with Gasteiger partial charge in [-0.05, 0) is 42.9 Å². The minimum Gasteiger partial charge on any atom is -0.338 e. The van der Waals surface area contributed by atoms with Crippen molar-refractivity contribution in [2.24, 2.45) is 11.8 Å². The lowest BCUT2D eigenvalue weighted by Gasteiger charge is -2.18. The average Bonchev–Trinajstić information content (AvgIpc) is 2.97. The van der Waals surface area contributed by atoms with Crippen LogP contribution in [0.5, 0.6) is 0 Å². The Morgan fingerprint density at radius 3 is 2.38 bits per heavy atom. The summed E-state index contributed by atoms with van der Waals surface area (Å²) in [4.78, 5) is 14.1. The van der Waals surface area contributed by atoms with E-state index in [0.717, 1.165) is 18.9 Å². The molecule has 2 fully saturated rings. The van der Waals surface area contributed by atoms with Gasteiger partial charge in [0.2, 0.25) is 0 Å². The molecule has 1 aliphatic carbocycles. The van der Waals surface area contributed by atoms with E-state index in [2.05, 4.69) is 15.9 Å². The molecule has 1 aromatic carbocycles. The van der Waals surface area contributed by atoms with Gasteiger partial charge in [-0.3, -0.25) is 4.79 Å². The van der Waals surface area contributed by atoms with Crippen LogP contribution in [0.2, 0.25) is 0 Å². The zero-order chi connectivity index (χ0) is 15.2. The number of benzene rings is 1. The number of hydrogen-bond acceptors (Lipinski definition) is 1. The van der Waals surface area contributed by atoms with E-state index < -0.39 is 11.7 Å². The normalized spacial score (nSPS) is 25.2. The molecule has 0 bridgehead atoms. The molecule has 0 N–H and O–H groups in total. The molecule has 21 heavy (non-hydrogen) atoms. The Hall–Kier alpha value is -1.04. The highest BCUT2D eigenvalue weighted by molar-refractivity contribution is 9.10. The minimum absolute atomic E-state index is 0.0372. The Kier molecular flexibility index (Phi) is 3.76. The third kappa shape index (κ3) is 2.82. The number of carbonyl (C=O) groups excluding carboxylic acids is 1. The van der Waals surface area contributed by atoms with Crippen molar-refractivity contribution in [3.63, 3.8) is 0 Å². The van der Waals surface area contributed by atoms with Crippen LogP contribution in [0.25, 0.3) is 0 Å². The fourth-order valence-corrected chi connectivity index (χ4v) is 3.93. The number of carbonyl (C=O) groups is 1. The molecule has 0 aromatic heterocycles. The van der Waals surface area contributed by atoms with E-state index in [0.29, 0.717) is 24.9 Å². The summed E-state index contributed by atoms with van der Waals surface area (Å²) in [5.74, 6) is 0.778. The lowest BCUT2D eigenvalue weighted by molar-refractivity contribution is -0.138. The van der Waals surface area contributed by atoms with Gasteiger partial charge in [-0.2, -0.15) is 13.2 Å². The first-order valence-electron chi connectivity index (χ1n) is 7.02. The van der Waals surface area contributed by atoms with E-state index in [1.807, 2.05) is 0 Å². The number of fused-ring (bicyclic) bond motifs is 1. The summed E-state index contributed by atoms with van der Waals surface area (Å²) in [6.45, 7) is 1.36. The number of nitrogens with zero attached hydrogens (tertiary/aromatic N) is 1. The number of halogens is 4. The highest BCUT2D eigenvalue weighted by atomic mass is 79.9. The van der Waals surface area contributed by atoms with Gasteiger partial charge in [-0.15, -0.1) is 0 Å². The van der Waals surface area contributed by atoms with E-state index in [4.69, 9.17) is 0 Å². The number of amides is 1. The van der Waals surface area contributed by atoms with Crippen LogP contribution < -0.4 is 0 Å². The highest BCUT2D eigenvalue weighted by Crippen LogP contribution is 2.39. The Morgan fingerprint density at radius 1 is 1.19 bits per heavy atom. The van der Waals surface area contributed by atoms with E-state index in [1.54, 1.807) is 4.90 Å². The van der Waals surface area contributed by atoms with Gasteiger partial charge in [0.15, 0.2) is 0 Å². The number of hydrogen-bond donors (Lipinski definition) is 0. The lowest BCUT2D eigenvalue weighted by Crippen LogP contribution is -2.29. The monoisotopic (exact) mass is 361 g/mol. The largest absolute Gasteiger partial charge is 0.417 e. The molecule has 1 heterocycles. The maximum absolute atomic E-state index is 12.9. The van der Waals surface area contributed by atoms with E-state index >= 15 is 0 Å². The maximum Gasteiger partial charge on any atom is 0.417 e. The zero-order valence-corrected chi connectivity index (χ0v) is 12.9. The Labute approximate surface area is 129 Å². The van der Waals surface area contributed by atoms with Gasteiger partial charge in [0.1, 0.15) is 0 Å².